The van der Waals surface area contributed by atoms with Gasteiger partial charge in [0, 0.05) is 35.6 Å². The highest BCUT2D eigenvalue weighted by molar-refractivity contribution is 6.30. The molecule has 38 heavy (non-hydrogen) atoms. The molecule has 3 heterocycles. The third-order valence-electron chi connectivity index (χ3n) is 7.78. The number of nitrogens with zero attached hydrogens (tertiary/aromatic N) is 2. The molecule has 0 unspecified atom stereocenters. The summed E-state index contributed by atoms with van der Waals surface area (Å²) in [6.45, 7) is 4.40. The number of nitriles is 1. The van der Waals surface area contributed by atoms with Crippen molar-refractivity contribution >= 4 is 35.0 Å². The highest BCUT2D eigenvalue weighted by Crippen LogP contribution is 2.49. The van der Waals surface area contributed by atoms with Crippen molar-refractivity contribution in [3.63, 3.8) is 0 Å². The minimum atomic E-state index is -3.11. The van der Waals surface area contributed by atoms with E-state index in [1.807, 2.05) is 19.9 Å². The van der Waals surface area contributed by atoms with Crippen LogP contribution in [0.15, 0.2) is 24.3 Å². The monoisotopic (exact) mass is 549 g/mol. The molecule has 4 fully saturated rings. The van der Waals surface area contributed by atoms with E-state index in [0.717, 1.165) is 0 Å². The van der Waals surface area contributed by atoms with Crippen LogP contribution in [-0.2, 0) is 14.4 Å². The van der Waals surface area contributed by atoms with Gasteiger partial charge in [-0.3, -0.25) is 14.4 Å². The Morgan fingerprint density at radius 3 is 2.66 bits per heavy atom. The van der Waals surface area contributed by atoms with E-state index in [1.165, 1.54) is 4.90 Å². The van der Waals surface area contributed by atoms with E-state index < -0.39 is 60.2 Å². The molecule has 0 spiro atoms. The van der Waals surface area contributed by atoms with Crippen LogP contribution in [0.1, 0.15) is 52.4 Å². The predicted molar refractivity (Wildman–Crippen MR) is 138 cm³/mol. The Hall–Kier alpha value is -2.93. The maximum atomic E-state index is 15.1. The fraction of sp³-hybridized carbons (Fsp3) is 0.630. The number of rotatable bonds is 9. The van der Waals surface area contributed by atoms with Gasteiger partial charge in [-0.2, -0.15) is 5.26 Å². The van der Waals surface area contributed by atoms with Gasteiger partial charge in [0.25, 0.3) is 5.92 Å². The van der Waals surface area contributed by atoms with Crippen LogP contribution in [0.2, 0.25) is 5.02 Å². The molecule has 4 aliphatic rings. The van der Waals surface area contributed by atoms with Gasteiger partial charge in [-0.15, -0.1) is 0 Å². The van der Waals surface area contributed by atoms with Crippen LogP contribution in [-0.4, -0.2) is 59.3 Å². The van der Waals surface area contributed by atoms with Crippen molar-refractivity contribution in [2.24, 2.45) is 17.8 Å². The van der Waals surface area contributed by atoms with Crippen molar-refractivity contribution in [1.29, 1.82) is 5.26 Å². The number of anilines is 1. The molecule has 0 radical (unpaired) electrons. The molecule has 6 atom stereocenters. The molecule has 8 nitrogen and oxygen atoms in total. The minimum absolute atomic E-state index is 0.0888. The van der Waals surface area contributed by atoms with Gasteiger partial charge in [0.15, 0.2) is 0 Å². The first-order chi connectivity index (χ1) is 18.0. The van der Waals surface area contributed by atoms with Crippen LogP contribution in [0.4, 0.5) is 14.5 Å². The summed E-state index contributed by atoms with van der Waals surface area (Å²) in [6.07, 6.45) is 1.04. The van der Waals surface area contributed by atoms with Crippen molar-refractivity contribution < 1.29 is 23.2 Å². The summed E-state index contributed by atoms with van der Waals surface area (Å²) in [4.78, 5) is 40.9. The molecule has 11 heteroatoms. The van der Waals surface area contributed by atoms with Gasteiger partial charge in [0.1, 0.15) is 18.1 Å². The maximum Gasteiger partial charge on any atom is 0.255 e. The summed E-state index contributed by atoms with van der Waals surface area (Å²) >= 11 is 6.12. The SMILES string of the molecule is CC(C)C[C@@H](Nc1cccc(Cl)c1)C(=O)N1[C@H]2CC[C@@H]([C@H]1C(=O)N[C@@H](C#N)C[C@@H]1CCNC1=O)C(F)(F)C2. The van der Waals surface area contributed by atoms with Crippen LogP contribution in [0.5, 0.6) is 0 Å². The summed E-state index contributed by atoms with van der Waals surface area (Å²) in [6, 6.07) is 4.89. The molecule has 1 aliphatic carbocycles. The van der Waals surface area contributed by atoms with Gasteiger partial charge in [-0.1, -0.05) is 31.5 Å². The number of benzene rings is 1. The van der Waals surface area contributed by atoms with E-state index in [1.54, 1.807) is 24.3 Å². The Morgan fingerprint density at radius 1 is 1.29 bits per heavy atom. The Labute approximate surface area is 226 Å². The van der Waals surface area contributed by atoms with E-state index in [2.05, 4.69) is 16.0 Å². The normalized spacial score (nSPS) is 27.4. The number of halogens is 3. The van der Waals surface area contributed by atoms with Crippen molar-refractivity contribution in [2.75, 3.05) is 11.9 Å². The highest BCUT2D eigenvalue weighted by atomic mass is 35.5. The van der Waals surface area contributed by atoms with Crippen LogP contribution in [0.3, 0.4) is 0 Å². The number of carbonyl (C=O) groups excluding carboxylic acids is 3. The molecule has 3 amide bonds. The Balaban J connectivity index is 1.59. The standard InChI is InChI=1S/C27H34ClF2N5O3/c1-15(2)10-22(33-18-5-3-4-17(28)12-18)26(38)35-20-6-7-21(27(29,30)13-20)23(35)25(37)34-19(14-31)11-16-8-9-32-24(16)36/h3-5,12,15-16,19-23,33H,6-11,13H2,1-2H3,(H,32,36)(H,34,37)/t16-,19+,20-,21-,22+,23-/m0/s1. The molecule has 3 N–H and O–H groups in total. The van der Waals surface area contributed by atoms with Crippen molar-refractivity contribution in [2.45, 2.75) is 82.5 Å². The van der Waals surface area contributed by atoms with Crippen molar-refractivity contribution in [3.05, 3.63) is 29.3 Å². The zero-order valence-electron chi connectivity index (χ0n) is 21.6. The molecule has 1 aromatic carbocycles. The number of hydrogen-bond donors (Lipinski definition) is 3. The van der Waals surface area contributed by atoms with E-state index in [9.17, 15) is 19.6 Å². The predicted octanol–water partition coefficient (Wildman–Crippen LogP) is 3.72. The third-order valence-corrected chi connectivity index (χ3v) is 8.02. The molecule has 0 aromatic heterocycles. The minimum Gasteiger partial charge on any atom is -0.374 e. The molecule has 1 aromatic rings. The average Bonchev–Trinajstić information content (AvgIpc) is 3.25. The second kappa shape index (κ2) is 11.4. The Morgan fingerprint density at radius 2 is 2.05 bits per heavy atom. The topological polar surface area (TPSA) is 114 Å². The third kappa shape index (κ3) is 6.04. The number of amides is 3. The highest BCUT2D eigenvalue weighted by Gasteiger charge is 2.61. The van der Waals surface area contributed by atoms with Gasteiger partial charge in [0.05, 0.1) is 12.0 Å². The lowest BCUT2D eigenvalue weighted by Gasteiger charge is -2.54. The fourth-order valence-electron chi connectivity index (χ4n) is 6.03. The average molecular weight is 550 g/mol. The number of fused-ring (bicyclic) bond motifs is 3. The van der Waals surface area contributed by atoms with Gasteiger partial charge in [-0.05, 0) is 56.2 Å². The van der Waals surface area contributed by atoms with Gasteiger partial charge in [-0.25, -0.2) is 8.78 Å². The molecule has 1 saturated carbocycles. The van der Waals surface area contributed by atoms with E-state index in [-0.39, 0.29) is 24.7 Å². The first-order valence-electron chi connectivity index (χ1n) is 13.2. The van der Waals surface area contributed by atoms with E-state index in [0.29, 0.717) is 36.5 Å². The molecular weight excluding hydrogens is 516 g/mol. The zero-order valence-corrected chi connectivity index (χ0v) is 22.3. The van der Waals surface area contributed by atoms with E-state index >= 15 is 8.78 Å². The van der Waals surface area contributed by atoms with E-state index in [4.69, 9.17) is 11.6 Å². The number of nitrogens with one attached hydrogen (secondary N) is 3. The molecule has 3 saturated heterocycles. The zero-order chi connectivity index (χ0) is 27.6. The number of alkyl halides is 2. The summed E-state index contributed by atoms with van der Waals surface area (Å²) in [5.74, 6) is -6.18. The number of piperidine rings is 2. The van der Waals surface area contributed by atoms with Gasteiger partial charge < -0.3 is 20.9 Å². The first kappa shape index (κ1) is 28.1. The fourth-order valence-corrected chi connectivity index (χ4v) is 6.22. The van der Waals surface area contributed by atoms with Crippen LogP contribution in [0.25, 0.3) is 0 Å². The smallest absolute Gasteiger partial charge is 0.255 e. The maximum absolute atomic E-state index is 15.1. The lowest BCUT2D eigenvalue weighted by Crippen LogP contribution is -2.70. The van der Waals surface area contributed by atoms with Gasteiger partial charge in [0.2, 0.25) is 17.7 Å². The largest absolute Gasteiger partial charge is 0.374 e. The van der Waals surface area contributed by atoms with Crippen molar-refractivity contribution in [3.8, 4) is 6.07 Å². The second-order valence-corrected chi connectivity index (χ2v) is 11.5. The van der Waals surface area contributed by atoms with Crippen LogP contribution >= 0.6 is 11.6 Å². The van der Waals surface area contributed by atoms with Crippen LogP contribution in [0, 0.1) is 29.1 Å². The molecule has 2 bridgehead atoms. The molecular formula is C27H34ClF2N5O3. The van der Waals surface area contributed by atoms with Crippen LogP contribution < -0.4 is 16.0 Å². The molecule has 206 valence electrons. The summed E-state index contributed by atoms with van der Waals surface area (Å²) in [5, 5.41) is 18.6. The number of hydrogen-bond acceptors (Lipinski definition) is 5. The molecule has 3 aliphatic heterocycles. The quantitative estimate of drug-likeness (QED) is 0.434. The van der Waals surface area contributed by atoms with Crippen molar-refractivity contribution in [1.82, 2.24) is 15.5 Å². The Bertz CT molecular complexity index is 1110. The first-order valence-corrected chi connectivity index (χ1v) is 13.6. The lowest BCUT2D eigenvalue weighted by atomic mass is 9.71. The summed E-state index contributed by atoms with van der Waals surface area (Å²) in [5.41, 5.74) is 0.615. The lowest BCUT2D eigenvalue weighted by molar-refractivity contribution is -0.194. The summed E-state index contributed by atoms with van der Waals surface area (Å²) < 4.78 is 30.2. The van der Waals surface area contributed by atoms with Gasteiger partial charge >= 0.3 is 0 Å². The summed E-state index contributed by atoms with van der Waals surface area (Å²) in [7, 11) is 0. The second-order valence-electron chi connectivity index (χ2n) is 11.0. The molecule has 5 rings (SSSR count). The Kier molecular flexibility index (Phi) is 8.46. The number of carbonyl (C=O) groups is 3.